The number of carbonyl (C=O) groups excluding carboxylic acids is 1. The number of hydrogen-bond donors (Lipinski definition) is 1. The van der Waals surface area contributed by atoms with Gasteiger partial charge in [-0.25, -0.2) is 19.0 Å². The fourth-order valence-corrected chi connectivity index (χ4v) is 5.23. The van der Waals surface area contributed by atoms with Crippen molar-refractivity contribution in [3.63, 3.8) is 0 Å². The van der Waals surface area contributed by atoms with Gasteiger partial charge in [-0.2, -0.15) is 0 Å². The van der Waals surface area contributed by atoms with Crippen LogP contribution in [0.1, 0.15) is 22.3 Å². The van der Waals surface area contributed by atoms with Crippen LogP contribution in [0.4, 0.5) is 10.1 Å². The van der Waals surface area contributed by atoms with Gasteiger partial charge in [-0.05, 0) is 58.8 Å². The van der Waals surface area contributed by atoms with Gasteiger partial charge in [0.05, 0.1) is 11.4 Å². The second-order valence-electron chi connectivity index (χ2n) is 8.61. The van der Waals surface area contributed by atoms with E-state index < -0.39 is 6.17 Å². The Morgan fingerprint density at radius 3 is 2.92 bits per heavy atom. The molecule has 0 radical (unpaired) electrons. The van der Waals surface area contributed by atoms with E-state index >= 15 is 0 Å². The summed E-state index contributed by atoms with van der Waals surface area (Å²) in [5, 5.41) is 14.9. The molecule has 2 aromatic carbocycles. The molecule has 11 heteroatoms. The first-order valence-electron chi connectivity index (χ1n) is 11.5. The Kier molecular flexibility index (Phi) is 5.91. The van der Waals surface area contributed by atoms with Crippen LogP contribution in [-0.2, 0) is 6.54 Å². The number of pyridine rings is 1. The minimum absolute atomic E-state index is 0.254. The van der Waals surface area contributed by atoms with Gasteiger partial charge in [-0.1, -0.05) is 29.5 Å². The smallest absolute Gasteiger partial charge is 0.255 e. The molecule has 0 spiro atoms. The molecule has 1 fully saturated rings. The van der Waals surface area contributed by atoms with Gasteiger partial charge in [0.25, 0.3) is 5.91 Å². The second kappa shape index (κ2) is 9.51. The lowest BCUT2D eigenvalue weighted by Crippen LogP contribution is -2.20. The van der Waals surface area contributed by atoms with Crippen molar-refractivity contribution in [2.75, 3.05) is 18.4 Å². The van der Waals surface area contributed by atoms with E-state index in [0.29, 0.717) is 36.4 Å². The van der Waals surface area contributed by atoms with E-state index in [1.807, 2.05) is 42.6 Å². The van der Waals surface area contributed by atoms with Crippen molar-refractivity contribution in [3.05, 3.63) is 78.2 Å². The maximum Gasteiger partial charge on any atom is 0.255 e. The number of anilines is 1. The largest absolute Gasteiger partial charge is 0.321 e. The number of nitrogens with zero attached hydrogens (tertiary/aromatic N) is 7. The van der Waals surface area contributed by atoms with E-state index in [9.17, 15) is 9.18 Å². The number of para-hydroxylation sites is 1. The third kappa shape index (κ3) is 4.58. The third-order valence-electron chi connectivity index (χ3n) is 6.05. The van der Waals surface area contributed by atoms with Gasteiger partial charge < -0.3 is 5.32 Å². The molecule has 180 valence electrons. The molecule has 5 aromatic rings. The van der Waals surface area contributed by atoms with E-state index in [0.717, 1.165) is 33.0 Å². The number of carbonyl (C=O) groups is 1. The van der Waals surface area contributed by atoms with Crippen LogP contribution in [0, 0.1) is 0 Å². The van der Waals surface area contributed by atoms with E-state index in [-0.39, 0.29) is 5.91 Å². The highest BCUT2D eigenvalue weighted by Gasteiger charge is 2.22. The SMILES string of the molecule is O=C(Nc1ccccc1-c1nc2cc(CN3CC[C@@H](F)C3)cnc2s1)c1cccc(-n2cnnn2)c1. The summed E-state index contributed by atoms with van der Waals surface area (Å²) in [7, 11) is 0. The Morgan fingerprint density at radius 2 is 2.08 bits per heavy atom. The summed E-state index contributed by atoms with van der Waals surface area (Å²) in [6, 6.07) is 16.6. The number of hydrogen-bond acceptors (Lipinski definition) is 8. The molecule has 0 aliphatic carbocycles. The average Bonchev–Trinajstić information content (AvgIpc) is 3.66. The van der Waals surface area contributed by atoms with E-state index in [4.69, 9.17) is 4.98 Å². The molecule has 0 bridgehead atoms. The predicted molar refractivity (Wildman–Crippen MR) is 135 cm³/mol. The van der Waals surface area contributed by atoms with Crippen LogP contribution in [0.2, 0.25) is 0 Å². The molecule has 9 nitrogen and oxygen atoms in total. The molecular weight excluding hydrogens is 479 g/mol. The molecule has 0 saturated carbocycles. The van der Waals surface area contributed by atoms with Gasteiger partial charge in [0, 0.05) is 37.0 Å². The molecule has 1 aliphatic heterocycles. The lowest BCUT2D eigenvalue weighted by molar-refractivity contribution is 0.102. The number of fused-ring (bicyclic) bond motifs is 1. The third-order valence-corrected chi connectivity index (χ3v) is 7.07. The van der Waals surface area contributed by atoms with Crippen molar-refractivity contribution in [2.45, 2.75) is 19.1 Å². The number of thiazole rings is 1. The van der Waals surface area contributed by atoms with Gasteiger partial charge in [0.2, 0.25) is 0 Å². The van der Waals surface area contributed by atoms with E-state index in [2.05, 4.69) is 30.7 Å². The number of benzene rings is 2. The number of tetrazole rings is 1. The number of nitrogens with one attached hydrogen (secondary N) is 1. The summed E-state index contributed by atoms with van der Waals surface area (Å²) in [5.41, 5.74) is 4.43. The maximum absolute atomic E-state index is 13.5. The topological polar surface area (TPSA) is 102 Å². The zero-order chi connectivity index (χ0) is 24.5. The van der Waals surface area contributed by atoms with Crippen LogP contribution >= 0.6 is 11.3 Å². The average molecular weight is 501 g/mol. The summed E-state index contributed by atoms with van der Waals surface area (Å²) in [5.74, 6) is -0.254. The lowest BCUT2D eigenvalue weighted by Gasteiger charge is -2.13. The Labute approximate surface area is 209 Å². The summed E-state index contributed by atoms with van der Waals surface area (Å²) in [6.07, 6.45) is 3.14. The highest BCUT2D eigenvalue weighted by atomic mass is 32.1. The Bertz CT molecular complexity index is 1540. The fourth-order valence-electron chi connectivity index (χ4n) is 4.30. The zero-order valence-electron chi connectivity index (χ0n) is 19.1. The van der Waals surface area contributed by atoms with Gasteiger partial charge in [-0.3, -0.25) is 9.69 Å². The Morgan fingerprint density at radius 1 is 1.17 bits per heavy atom. The molecule has 3 aromatic heterocycles. The zero-order valence-corrected chi connectivity index (χ0v) is 19.9. The number of likely N-dealkylation sites (tertiary alicyclic amines) is 1. The van der Waals surface area contributed by atoms with Crippen molar-refractivity contribution in [1.82, 2.24) is 35.1 Å². The molecule has 36 heavy (non-hydrogen) atoms. The molecule has 0 unspecified atom stereocenters. The molecule has 4 heterocycles. The number of aromatic nitrogens is 6. The van der Waals surface area contributed by atoms with Crippen molar-refractivity contribution in [2.24, 2.45) is 0 Å². The van der Waals surface area contributed by atoms with E-state index in [1.165, 1.54) is 22.3 Å². The first kappa shape index (κ1) is 22.4. The van der Waals surface area contributed by atoms with Crippen molar-refractivity contribution >= 4 is 33.3 Å². The lowest BCUT2D eigenvalue weighted by atomic mass is 10.1. The van der Waals surface area contributed by atoms with Gasteiger partial charge in [-0.15, -0.1) is 5.10 Å². The predicted octanol–water partition coefficient (Wildman–Crippen LogP) is 4.13. The number of alkyl halides is 1. The highest BCUT2D eigenvalue weighted by Crippen LogP contribution is 2.34. The van der Waals surface area contributed by atoms with Crippen molar-refractivity contribution < 1.29 is 9.18 Å². The fraction of sp³-hybridized carbons (Fsp3) is 0.200. The normalized spacial score (nSPS) is 16.0. The first-order chi connectivity index (χ1) is 17.6. The summed E-state index contributed by atoms with van der Waals surface area (Å²) >= 11 is 1.47. The molecule has 1 atom stereocenters. The van der Waals surface area contributed by atoms with Gasteiger partial charge >= 0.3 is 0 Å². The number of halogens is 1. The molecule has 1 saturated heterocycles. The monoisotopic (exact) mass is 500 g/mol. The molecule has 1 N–H and O–H groups in total. The number of rotatable bonds is 6. The van der Waals surface area contributed by atoms with Crippen LogP contribution in [0.5, 0.6) is 0 Å². The van der Waals surface area contributed by atoms with Crippen molar-refractivity contribution in [3.8, 4) is 16.3 Å². The number of amides is 1. The standard InChI is InChI=1S/C25H21FN8OS/c26-18-8-9-33(14-18)13-16-10-22-25(27-12-16)36-24(30-22)20-6-1-2-7-21(20)29-23(35)17-4-3-5-19(11-17)34-15-28-31-32-34/h1-7,10-12,15,18H,8-9,13-14H2,(H,29,35)/t18-/m1/s1. The highest BCUT2D eigenvalue weighted by molar-refractivity contribution is 7.21. The Hall–Kier alpha value is -4.09. The molecule has 6 rings (SSSR count). The summed E-state index contributed by atoms with van der Waals surface area (Å²) in [6.45, 7) is 1.88. The van der Waals surface area contributed by atoms with Gasteiger partial charge in [0.15, 0.2) is 0 Å². The quantitative estimate of drug-likeness (QED) is 0.374. The minimum Gasteiger partial charge on any atom is -0.321 e. The van der Waals surface area contributed by atoms with Gasteiger partial charge in [0.1, 0.15) is 27.9 Å². The minimum atomic E-state index is -0.749. The molecular formula is C25H21FN8OS. The van der Waals surface area contributed by atoms with Crippen LogP contribution in [-0.4, -0.2) is 60.2 Å². The van der Waals surface area contributed by atoms with E-state index in [1.54, 1.807) is 18.2 Å². The second-order valence-corrected chi connectivity index (χ2v) is 9.59. The molecule has 1 aliphatic rings. The molecule has 1 amide bonds. The van der Waals surface area contributed by atoms with Crippen molar-refractivity contribution in [1.29, 1.82) is 0 Å². The maximum atomic E-state index is 13.5. The summed E-state index contributed by atoms with van der Waals surface area (Å²) < 4.78 is 15.0. The van der Waals surface area contributed by atoms with Crippen LogP contribution < -0.4 is 5.32 Å². The summed E-state index contributed by atoms with van der Waals surface area (Å²) in [4.78, 5) is 25.4. The van der Waals surface area contributed by atoms with Crippen LogP contribution in [0.3, 0.4) is 0 Å². The Balaban J connectivity index is 1.25. The first-order valence-corrected chi connectivity index (χ1v) is 12.3. The van der Waals surface area contributed by atoms with Crippen LogP contribution in [0.25, 0.3) is 26.6 Å². The van der Waals surface area contributed by atoms with Crippen LogP contribution in [0.15, 0.2) is 67.1 Å².